The van der Waals surface area contributed by atoms with E-state index in [0.717, 1.165) is 31.7 Å². The van der Waals surface area contributed by atoms with Crippen LogP contribution >= 0.6 is 0 Å². The van der Waals surface area contributed by atoms with Gasteiger partial charge in [-0.1, -0.05) is 50.7 Å². The van der Waals surface area contributed by atoms with Gasteiger partial charge in [0.15, 0.2) is 5.69 Å². The molecule has 0 aliphatic heterocycles. The zero-order valence-electron chi connectivity index (χ0n) is 16.1. The third kappa shape index (κ3) is 6.77. The number of rotatable bonds is 10. The first kappa shape index (κ1) is 20.4. The van der Waals surface area contributed by atoms with Crippen LogP contribution in [0.5, 0.6) is 0 Å². The first-order valence-corrected chi connectivity index (χ1v) is 9.99. The van der Waals surface area contributed by atoms with Crippen molar-refractivity contribution in [3.63, 3.8) is 0 Å². The maximum absolute atomic E-state index is 12.4. The molecule has 1 heterocycles. The Morgan fingerprint density at radius 3 is 2.77 bits per heavy atom. The van der Waals surface area contributed by atoms with E-state index in [-0.39, 0.29) is 24.3 Å². The molecule has 1 atom stereocenters. The van der Waals surface area contributed by atoms with Gasteiger partial charge in [0.1, 0.15) is 0 Å². The lowest BCUT2D eigenvalue weighted by Gasteiger charge is -2.20. The van der Waals surface area contributed by atoms with Gasteiger partial charge in [0.25, 0.3) is 5.91 Å². The molecule has 0 aromatic carbocycles. The quantitative estimate of drug-likeness (QED) is 0.645. The monoisotopic (exact) mass is 364 g/mol. The molecule has 7 nitrogen and oxygen atoms in total. The van der Waals surface area contributed by atoms with Crippen molar-refractivity contribution in [2.24, 2.45) is 5.92 Å². The third-order valence-corrected chi connectivity index (χ3v) is 4.95. The van der Waals surface area contributed by atoms with E-state index in [0.29, 0.717) is 12.3 Å². The zero-order chi connectivity index (χ0) is 18.8. The Labute approximate surface area is 155 Å². The van der Waals surface area contributed by atoms with Crippen molar-refractivity contribution in [1.29, 1.82) is 0 Å². The number of carbonyl (C=O) groups is 2. The van der Waals surface area contributed by atoms with Crippen molar-refractivity contribution in [3.05, 3.63) is 11.9 Å². The molecule has 0 unspecified atom stereocenters. The zero-order valence-corrected chi connectivity index (χ0v) is 16.1. The second kappa shape index (κ2) is 10.9. The average molecular weight is 364 g/mol. The van der Waals surface area contributed by atoms with Crippen LogP contribution in [0.25, 0.3) is 0 Å². The molecule has 1 saturated carbocycles. The van der Waals surface area contributed by atoms with Crippen molar-refractivity contribution in [2.45, 2.75) is 84.2 Å². The fourth-order valence-electron chi connectivity index (χ4n) is 3.56. The van der Waals surface area contributed by atoms with Crippen LogP contribution in [0.3, 0.4) is 0 Å². The standard InChI is InChI=1S/C19H32N4O3/c1-3-8-16(13-18(24)26-4-2)20-19(25)17-14-23(22-21-17)12-11-15-9-6-5-7-10-15/h14-16H,3-13H2,1-2H3,(H,20,25)/t16-/m0/s1. The molecule has 1 aliphatic rings. The van der Waals surface area contributed by atoms with Crippen LogP contribution in [-0.4, -0.2) is 39.5 Å². The molecule has 0 bridgehead atoms. The summed E-state index contributed by atoms with van der Waals surface area (Å²) >= 11 is 0. The molecule has 2 rings (SSSR count). The van der Waals surface area contributed by atoms with E-state index >= 15 is 0 Å². The highest BCUT2D eigenvalue weighted by molar-refractivity contribution is 5.92. The number of amides is 1. The minimum absolute atomic E-state index is 0.184. The second-order valence-electron chi connectivity index (χ2n) is 7.13. The lowest BCUT2D eigenvalue weighted by atomic mass is 9.87. The summed E-state index contributed by atoms with van der Waals surface area (Å²) in [7, 11) is 0. The smallest absolute Gasteiger partial charge is 0.307 e. The molecule has 7 heteroatoms. The fourth-order valence-corrected chi connectivity index (χ4v) is 3.56. The number of esters is 1. The van der Waals surface area contributed by atoms with Gasteiger partial charge in [-0.15, -0.1) is 5.10 Å². The molecule has 1 aliphatic carbocycles. The van der Waals surface area contributed by atoms with Gasteiger partial charge >= 0.3 is 5.97 Å². The summed E-state index contributed by atoms with van der Waals surface area (Å²) in [5.74, 6) is 0.197. The first-order valence-electron chi connectivity index (χ1n) is 9.99. The van der Waals surface area contributed by atoms with E-state index in [9.17, 15) is 9.59 Å². The summed E-state index contributed by atoms with van der Waals surface area (Å²) in [6.07, 6.45) is 11.2. The van der Waals surface area contributed by atoms with Crippen molar-refractivity contribution in [2.75, 3.05) is 6.61 Å². The summed E-state index contributed by atoms with van der Waals surface area (Å²) in [4.78, 5) is 24.1. The Morgan fingerprint density at radius 2 is 2.08 bits per heavy atom. The minimum atomic E-state index is -0.289. The first-order chi connectivity index (χ1) is 12.6. The van der Waals surface area contributed by atoms with Crippen LogP contribution < -0.4 is 5.32 Å². The summed E-state index contributed by atoms with van der Waals surface area (Å²) in [5, 5.41) is 11.0. The number of nitrogens with zero attached hydrogens (tertiary/aromatic N) is 3. The van der Waals surface area contributed by atoms with E-state index < -0.39 is 0 Å². The Bertz CT molecular complexity index is 567. The van der Waals surface area contributed by atoms with Crippen LogP contribution in [-0.2, 0) is 16.1 Å². The summed E-state index contributed by atoms with van der Waals surface area (Å²) in [6.45, 7) is 4.94. The Kier molecular flexibility index (Phi) is 8.58. The predicted octanol–water partition coefficient (Wildman–Crippen LogP) is 3.10. The van der Waals surface area contributed by atoms with Crippen molar-refractivity contribution >= 4 is 11.9 Å². The topological polar surface area (TPSA) is 86.1 Å². The van der Waals surface area contributed by atoms with Gasteiger partial charge in [-0.2, -0.15) is 0 Å². The highest BCUT2D eigenvalue weighted by Crippen LogP contribution is 2.26. The Balaban J connectivity index is 1.83. The van der Waals surface area contributed by atoms with Crippen molar-refractivity contribution < 1.29 is 14.3 Å². The molecule has 1 aromatic heterocycles. The lowest BCUT2D eigenvalue weighted by Crippen LogP contribution is -2.37. The SMILES string of the molecule is CCC[C@@H](CC(=O)OCC)NC(=O)c1cn(CCC2CCCCC2)nn1. The van der Waals surface area contributed by atoms with E-state index in [1.807, 2.05) is 6.92 Å². The van der Waals surface area contributed by atoms with Gasteiger partial charge in [-0.25, -0.2) is 0 Å². The van der Waals surface area contributed by atoms with E-state index in [2.05, 4.69) is 15.6 Å². The van der Waals surface area contributed by atoms with E-state index in [4.69, 9.17) is 4.74 Å². The van der Waals surface area contributed by atoms with Gasteiger partial charge in [-0.3, -0.25) is 14.3 Å². The van der Waals surface area contributed by atoms with E-state index in [1.54, 1.807) is 17.8 Å². The number of hydrogen-bond acceptors (Lipinski definition) is 5. The predicted molar refractivity (Wildman–Crippen MR) is 98.6 cm³/mol. The van der Waals surface area contributed by atoms with Crippen LogP contribution in [0.4, 0.5) is 0 Å². The van der Waals surface area contributed by atoms with Gasteiger partial charge in [0.05, 0.1) is 19.2 Å². The number of aromatic nitrogens is 3. The highest BCUT2D eigenvalue weighted by atomic mass is 16.5. The highest BCUT2D eigenvalue weighted by Gasteiger charge is 2.20. The normalized spacial score (nSPS) is 16.2. The number of ether oxygens (including phenoxy) is 1. The van der Waals surface area contributed by atoms with Crippen molar-refractivity contribution in [1.82, 2.24) is 20.3 Å². The number of hydrogen-bond donors (Lipinski definition) is 1. The Morgan fingerprint density at radius 1 is 1.31 bits per heavy atom. The number of nitrogens with one attached hydrogen (secondary N) is 1. The average Bonchev–Trinajstić information content (AvgIpc) is 3.10. The van der Waals surface area contributed by atoms with Gasteiger partial charge in [-0.05, 0) is 25.7 Å². The molecular formula is C19H32N4O3. The van der Waals surface area contributed by atoms with E-state index in [1.165, 1.54) is 32.1 Å². The minimum Gasteiger partial charge on any atom is -0.466 e. The maximum atomic E-state index is 12.4. The second-order valence-corrected chi connectivity index (χ2v) is 7.13. The fraction of sp³-hybridized carbons (Fsp3) is 0.789. The molecule has 1 N–H and O–H groups in total. The summed E-state index contributed by atoms with van der Waals surface area (Å²) < 4.78 is 6.73. The van der Waals surface area contributed by atoms with Crippen LogP contribution in [0, 0.1) is 5.92 Å². The Hall–Kier alpha value is -1.92. The largest absolute Gasteiger partial charge is 0.466 e. The molecule has 1 fully saturated rings. The van der Waals surface area contributed by atoms with Crippen LogP contribution in [0.1, 0.15) is 82.1 Å². The number of aryl methyl sites for hydroxylation is 1. The lowest BCUT2D eigenvalue weighted by molar-refractivity contribution is -0.143. The van der Waals surface area contributed by atoms with Crippen LogP contribution in [0.2, 0.25) is 0 Å². The molecule has 0 saturated heterocycles. The maximum Gasteiger partial charge on any atom is 0.307 e. The molecule has 1 aromatic rings. The number of carbonyl (C=O) groups excluding carboxylic acids is 2. The van der Waals surface area contributed by atoms with Crippen molar-refractivity contribution in [3.8, 4) is 0 Å². The summed E-state index contributed by atoms with van der Waals surface area (Å²) in [6, 6.07) is -0.237. The molecular weight excluding hydrogens is 332 g/mol. The van der Waals surface area contributed by atoms with Gasteiger partial charge in [0, 0.05) is 12.6 Å². The molecule has 146 valence electrons. The van der Waals surface area contributed by atoms with Crippen LogP contribution in [0.15, 0.2) is 6.20 Å². The van der Waals surface area contributed by atoms with Gasteiger partial charge < -0.3 is 10.1 Å². The summed E-state index contributed by atoms with van der Waals surface area (Å²) in [5.41, 5.74) is 0.304. The van der Waals surface area contributed by atoms with Gasteiger partial charge in [0.2, 0.25) is 0 Å². The third-order valence-electron chi connectivity index (χ3n) is 4.95. The molecule has 26 heavy (non-hydrogen) atoms. The molecule has 0 radical (unpaired) electrons. The molecule has 0 spiro atoms. The molecule has 1 amide bonds.